The molecule has 0 rings (SSSR count). The van der Waals surface area contributed by atoms with Crippen LogP contribution in [0.3, 0.4) is 0 Å². The maximum Gasteiger partial charge on any atom is 0.0782 e. The van der Waals surface area contributed by atoms with Crippen LogP contribution in [0.15, 0.2) is 46.6 Å². The van der Waals surface area contributed by atoms with Crippen LogP contribution in [0.1, 0.15) is 59.8 Å². The Morgan fingerprint density at radius 2 is 1.52 bits per heavy atom. The number of hydrogen-bond donors (Lipinski definition) is 3. The van der Waals surface area contributed by atoms with Crippen LogP contribution < -0.4 is 0 Å². The fourth-order valence-electron chi connectivity index (χ4n) is 2.18. The zero-order valence-corrected chi connectivity index (χ0v) is 15.2. The van der Waals surface area contributed by atoms with Crippen molar-refractivity contribution in [2.45, 2.75) is 65.9 Å². The van der Waals surface area contributed by atoms with E-state index in [9.17, 15) is 10.2 Å². The van der Waals surface area contributed by atoms with E-state index in [0.717, 1.165) is 36.8 Å². The monoisotopic (exact) mass is 322 g/mol. The Labute approximate surface area is 141 Å². The van der Waals surface area contributed by atoms with Crippen LogP contribution in [0.2, 0.25) is 0 Å². The van der Waals surface area contributed by atoms with Crippen LogP contribution in [-0.2, 0) is 0 Å². The number of hydrogen-bond acceptors (Lipinski definition) is 3. The van der Waals surface area contributed by atoms with Crippen molar-refractivity contribution in [3.63, 3.8) is 0 Å². The summed E-state index contributed by atoms with van der Waals surface area (Å²) < 4.78 is 0. The summed E-state index contributed by atoms with van der Waals surface area (Å²) in [5, 5.41) is 28.1. The number of aliphatic hydroxyl groups excluding tert-OH is 3. The largest absolute Gasteiger partial charge is 0.392 e. The van der Waals surface area contributed by atoms with Crippen molar-refractivity contribution in [3.05, 3.63) is 46.6 Å². The Hall–Kier alpha value is -1.16. The molecule has 1 unspecified atom stereocenters. The minimum absolute atomic E-state index is 0.0347. The van der Waals surface area contributed by atoms with Crippen molar-refractivity contribution in [1.82, 2.24) is 0 Å². The molecule has 0 spiro atoms. The molecule has 0 amide bonds. The van der Waals surface area contributed by atoms with Crippen molar-refractivity contribution in [1.29, 1.82) is 0 Å². The van der Waals surface area contributed by atoms with Gasteiger partial charge in [-0.2, -0.15) is 0 Å². The first kappa shape index (κ1) is 21.8. The molecular weight excluding hydrogens is 288 g/mol. The molecule has 0 aliphatic carbocycles. The predicted octanol–water partition coefficient (Wildman–Crippen LogP) is 4.07. The van der Waals surface area contributed by atoms with Gasteiger partial charge in [0.2, 0.25) is 0 Å². The summed E-state index contributed by atoms with van der Waals surface area (Å²) in [5.41, 5.74) is 4.44. The third kappa shape index (κ3) is 12.0. The van der Waals surface area contributed by atoms with Gasteiger partial charge in [-0.25, -0.2) is 0 Å². The van der Waals surface area contributed by atoms with E-state index in [2.05, 4.69) is 39.0 Å². The molecule has 0 aliphatic rings. The van der Waals surface area contributed by atoms with Crippen LogP contribution in [0, 0.1) is 0 Å². The van der Waals surface area contributed by atoms with Crippen LogP contribution >= 0.6 is 0 Å². The third-order valence-corrected chi connectivity index (χ3v) is 3.82. The topological polar surface area (TPSA) is 60.7 Å². The first-order valence-corrected chi connectivity index (χ1v) is 8.44. The summed E-state index contributed by atoms with van der Waals surface area (Å²) in [6.45, 7) is 8.15. The molecule has 132 valence electrons. The maximum absolute atomic E-state index is 9.92. The lowest BCUT2D eigenvalue weighted by atomic mass is 10.0. The minimum atomic E-state index is -0.523. The van der Waals surface area contributed by atoms with Gasteiger partial charge >= 0.3 is 0 Å². The Kier molecular flexibility index (Phi) is 12.6. The van der Waals surface area contributed by atoms with Crippen molar-refractivity contribution in [3.8, 4) is 0 Å². The van der Waals surface area contributed by atoms with Gasteiger partial charge in [-0.15, -0.1) is 0 Å². The summed E-state index contributed by atoms with van der Waals surface area (Å²) in [6, 6.07) is 0. The van der Waals surface area contributed by atoms with E-state index in [-0.39, 0.29) is 13.2 Å². The zero-order chi connectivity index (χ0) is 17.7. The normalized spacial score (nSPS) is 14.8. The smallest absolute Gasteiger partial charge is 0.0782 e. The fraction of sp³-hybridized carbons (Fsp3) is 0.600. The lowest BCUT2D eigenvalue weighted by Crippen LogP contribution is -2.07. The molecule has 0 heterocycles. The van der Waals surface area contributed by atoms with Crippen LogP contribution in [0.5, 0.6) is 0 Å². The van der Waals surface area contributed by atoms with Gasteiger partial charge in [0.25, 0.3) is 0 Å². The second-order valence-corrected chi connectivity index (χ2v) is 6.31. The van der Waals surface area contributed by atoms with Crippen molar-refractivity contribution < 1.29 is 15.3 Å². The second kappa shape index (κ2) is 13.3. The molecule has 3 nitrogen and oxygen atoms in total. The summed E-state index contributed by atoms with van der Waals surface area (Å²) in [7, 11) is 0. The molecule has 0 aliphatic heterocycles. The van der Waals surface area contributed by atoms with E-state index in [1.165, 1.54) is 11.1 Å². The van der Waals surface area contributed by atoms with Gasteiger partial charge in [0, 0.05) is 0 Å². The lowest BCUT2D eigenvalue weighted by Gasteiger charge is -2.09. The summed E-state index contributed by atoms with van der Waals surface area (Å²) in [5.74, 6) is 0. The first-order valence-electron chi connectivity index (χ1n) is 8.44. The Morgan fingerprint density at radius 3 is 2.09 bits per heavy atom. The molecule has 3 heteroatoms. The molecule has 0 bridgehead atoms. The Bertz CT molecular complexity index is 438. The lowest BCUT2D eigenvalue weighted by molar-refractivity contribution is 0.212. The predicted molar refractivity (Wildman–Crippen MR) is 98.3 cm³/mol. The van der Waals surface area contributed by atoms with E-state index in [1.807, 2.05) is 6.92 Å². The van der Waals surface area contributed by atoms with Crippen LogP contribution in [0.4, 0.5) is 0 Å². The highest BCUT2D eigenvalue weighted by atomic mass is 16.3. The van der Waals surface area contributed by atoms with Crippen LogP contribution in [0.25, 0.3) is 0 Å². The Morgan fingerprint density at radius 1 is 0.870 bits per heavy atom. The third-order valence-electron chi connectivity index (χ3n) is 3.82. The zero-order valence-electron chi connectivity index (χ0n) is 15.2. The molecule has 0 aromatic heterocycles. The molecule has 0 radical (unpaired) electrons. The van der Waals surface area contributed by atoms with Crippen molar-refractivity contribution in [2.24, 2.45) is 0 Å². The number of rotatable bonds is 11. The molecule has 0 aromatic carbocycles. The molecule has 3 N–H and O–H groups in total. The Balaban J connectivity index is 4.26. The van der Waals surface area contributed by atoms with E-state index in [4.69, 9.17) is 5.11 Å². The molecule has 0 aromatic rings. The molecule has 0 saturated heterocycles. The van der Waals surface area contributed by atoms with Gasteiger partial charge in [0.15, 0.2) is 0 Å². The van der Waals surface area contributed by atoms with Crippen LogP contribution in [-0.4, -0.2) is 34.6 Å². The number of allylic oxidation sites excluding steroid dienone is 4. The van der Waals surface area contributed by atoms with E-state index < -0.39 is 6.10 Å². The van der Waals surface area contributed by atoms with Crippen molar-refractivity contribution >= 4 is 0 Å². The van der Waals surface area contributed by atoms with E-state index in [1.54, 1.807) is 6.08 Å². The average molecular weight is 322 g/mol. The second-order valence-electron chi connectivity index (χ2n) is 6.31. The quantitative estimate of drug-likeness (QED) is 0.503. The highest BCUT2D eigenvalue weighted by Crippen LogP contribution is 2.14. The summed E-state index contributed by atoms with van der Waals surface area (Å²) >= 11 is 0. The van der Waals surface area contributed by atoms with Crippen molar-refractivity contribution in [2.75, 3.05) is 13.2 Å². The van der Waals surface area contributed by atoms with Gasteiger partial charge in [-0.05, 0) is 70.9 Å². The molecular formula is C20H34O3. The summed E-state index contributed by atoms with van der Waals surface area (Å²) in [4.78, 5) is 0. The SMILES string of the molecule is CC(C)=CCC/C(=C/CC/C(C)=C/CC(O)/C(C)=C/CO)CO. The average Bonchev–Trinajstić information content (AvgIpc) is 2.50. The van der Waals surface area contributed by atoms with Gasteiger partial charge in [-0.1, -0.05) is 35.5 Å². The highest BCUT2D eigenvalue weighted by Gasteiger charge is 2.04. The maximum atomic E-state index is 9.92. The van der Waals surface area contributed by atoms with E-state index >= 15 is 0 Å². The molecule has 0 saturated carbocycles. The standard InChI is InChI=1S/C20H34O3/c1-16(2)7-5-9-19(15-22)10-6-8-17(3)11-12-20(23)18(4)13-14-21/h7,10-11,13,20-23H,5-6,8-9,12,14-15H2,1-4H3/b17-11+,18-13+,19-10-. The molecule has 0 fully saturated rings. The van der Waals surface area contributed by atoms with Gasteiger partial charge in [0.1, 0.15) is 0 Å². The van der Waals surface area contributed by atoms with Gasteiger partial charge < -0.3 is 15.3 Å². The van der Waals surface area contributed by atoms with Gasteiger partial charge in [-0.3, -0.25) is 0 Å². The fourth-order valence-corrected chi connectivity index (χ4v) is 2.18. The minimum Gasteiger partial charge on any atom is -0.392 e. The first-order chi connectivity index (χ1) is 10.9. The number of aliphatic hydroxyl groups is 3. The van der Waals surface area contributed by atoms with Gasteiger partial charge in [0.05, 0.1) is 19.3 Å². The molecule has 23 heavy (non-hydrogen) atoms. The highest BCUT2D eigenvalue weighted by molar-refractivity contribution is 5.10. The van der Waals surface area contributed by atoms with E-state index in [0.29, 0.717) is 6.42 Å². The molecule has 1 atom stereocenters. The summed E-state index contributed by atoms with van der Waals surface area (Å²) in [6.07, 6.45) is 11.8.